The number of rotatable bonds is 7. The molecular formula is C23H24N2O3. The van der Waals surface area contributed by atoms with E-state index >= 15 is 0 Å². The number of anilines is 2. The molecule has 0 spiro atoms. The summed E-state index contributed by atoms with van der Waals surface area (Å²) in [4.78, 5) is 12.6. The minimum atomic E-state index is -0.226. The van der Waals surface area contributed by atoms with Gasteiger partial charge in [-0.25, -0.2) is 0 Å². The van der Waals surface area contributed by atoms with Crippen LogP contribution in [0.4, 0.5) is 11.4 Å². The van der Waals surface area contributed by atoms with Crippen LogP contribution in [0, 0.1) is 0 Å². The van der Waals surface area contributed by atoms with Crippen LogP contribution in [0.2, 0.25) is 0 Å². The van der Waals surface area contributed by atoms with Crippen molar-refractivity contribution in [1.82, 2.24) is 0 Å². The van der Waals surface area contributed by atoms with Gasteiger partial charge in [0.2, 0.25) is 0 Å². The first-order valence-corrected chi connectivity index (χ1v) is 9.05. The quantitative estimate of drug-likeness (QED) is 0.600. The summed E-state index contributed by atoms with van der Waals surface area (Å²) in [6.45, 7) is 2.11. The van der Waals surface area contributed by atoms with Gasteiger partial charge in [0.25, 0.3) is 5.91 Å². The van der Waals surface area contributed by atoms with E-state index in [2.05, 4.69) is 29.7 Å². The fraction of sp³-hybridized carbons (Fsp3) is 0.174. The molecule has 0 bridgehead atoms. The molecule has 0 saturated carbocycles. The van der Waals surface area contributed by atoms with Crippen LogP contribution in [-0.2, 0) is 0 Å². The summed E-state index contributed by atoms with van der Waals surface area (Å²) in [6, 6.07) is 23.1. The molecule has 5 nitrogen and oxygen atoms in total. The summed E-state index contributed by atoms with van der Waals surface area (Å²) in [5, 5.41) is 6.35. The molecule has 1 unspecified atom stereocenters. The summed E-state index contributed by atoms with van der Waals surface area (Å²) < 4.78 is 10.4. The molecule has 3 rings (SSSR count). The van der Waals surface area contributed by atoms with Crippen molar-refractivity contribution in [2.75, 3.05) is 24.9 Å². The zero-order valence-corrected chi connectivity index (χ0v) is 16.2. The highest BCUT2D eigenvalue weighted by molar-refractivity contribution is 6.04. The van der Waals surface area contributed by atoms with E-state index in [-0.39, 0.29) is 11.9 Å². The summed E-state index contributed by atoms with van der Waals surface area (Å²) in [5.41, 5.74) is 3.38. The van der Waals surface area contributed by atoms with Crippen LogP contribution in [0.5, 0.6) is 11.5 Å². The van der Waals surface area contributed by atoms with Crippen LogP contribution >= 0.6 is 0 Å². The van der Waals surface area contributed by atoms with Gasteiger partial charge >= 0.3 is 0 Å². The highest BCUT2D eigenvalue weighted by atomic mass is 16.5. The highest BCUT2D eigenvalue weighted by Crippen LogP contribution is 2.24. The van der Waals surface area contributed by atoms with Crippen LogP contribution in [0.3, 0.4) is 0 Å². The number of carbonyl (C=O) groups excluding carboxylic acids is 1. The normalized spacial score (nSPS) is 11.4. The molecule has 0 aliphatic rings. The Morgan fingerprint density at radius 2 is 1.39 bits per heavy atom. The van der Waals surface area contributed by atoms with E-state index in [0.29, 0.717) is 22.7 Å². The van der Waals surface area contributed by atoms with Crippen LogP contribution in [0.15, 0.2) is 72.8 Å². The molecule has 1 amide bonds. The van der Waals surface area contributed by atoms with Crippen LogP contribution in [0.25, 0.3) is 0 Å². The van der Waals surface area contributed by atoms with E-state index in [4.69, 9.17) is 9.47 Å². The number of nitrogens with one attached hydrogen (secondary N) is 2. The molecule has 0 saturated heterocycles. The molecule has 0 aromatic heterocycles. The van der Waals surface area contributed by atoms with Gasteiger partial charge in [-0.2, -0.15) is 0 Å². The van der Waals surface area contributed by atoms with E-state index in [1.54, 1.807) is 32.4 Å². The molecular weight excluding hydrogens is 352 g/mol. The van der Waals surface area contributed by atoms with Crippen molar-refractivity contribution >= 4 is 17.3 Å². The summed E-state index contributed by atoms with van der Waals surface area (Å²) in [6.07, 6.45) is 0. The van der Waals surface area contributed by atoms with Crippen molar-refractivity contribution in [1.29, 1.82) is 0 Å². The van der Waals surface area contributed by atoms with Gasteiger partial charge < -0.3 is 20.1 Å². The zero-order valence-electron chi connectivity index (χ0n) is 16.2. The van der Waals surface area contributed by atoms with Gasteiger partial charge in [-0.1, -0.05) is 30.3 Å². The lowest BCUT2D eigenvalue weighted by Gasteiger charge is -2.16. The minimum absolute atomic E-state index is 0.186. The highest BCUT2D eigenvalue weighted by Gasteiger charge is 2.11. The molecule has 0 aliphatic heterocycles. The smallest absolute Gasteiger partial charge is 0.255 e. The zero-order chi connectivity index (χ0) is 19.9. The average molecular weight is 376 g/mol. The second kappa shape index (κ2) is 8.95. The molecule has 0 radical (unpaired) electrons. The number of hydrogen-bond donors (Lipinski definition) is 2. The Kier molecular flexibility index (Phi) is 6.17. The molecule has 144 valence electrons. The van der Waals surface area contributed by atoms with Gasteiger partial charge in [-0.3, -0.25) is 4.79 Å². The topological polar surface area (TPSA) is 59.6 Å². The van der Waals surface area contributed by atoms with Crippen molar-refractivity contribution < 1.29 is 14.3 Å². The molecule has 28 heavy (non-hydrogen) atoms. The van der Waals surface area contributed by atoms with Gasteiger partial charge in [0.05, 0.1) is 14.2 Å². The number of carbonyl (C=O) groups is 1. The van der Waals surface area contributed by atoms with Gasteiger partial charge in [0.1, 0.15) is 11.5 Å². The van der Waals surface area contributed by atoms with Crippen LogP contribution in [0.1, 0.15) is 28.9 Å². The summed E-state index contributed by atoms with van der Waals surface area (Å²) in [5.74, 6) is 0.911. The van der Waals surface area contributed by atoms with E-state index in [1.807, 2.05) is 42.5 Å². The minimum Gasteiger partial charge on any atom is -0.497 e. The van der Waals surface area contributed by atoms with Crippen molar-refractivity contribution in [2.45, 2.75) is 13.0 Å². The third kappa shape index (κ3) is 4.82. The third-order valence-corrected chi connectivity index (χ3v) is 4.44. The monoisotopic (exact) mass is 376 g/mol. The largest absolute Gasteiger partial charge is 0.497 e. The Morgan fingerprint density at radius 3 is 1.96 bits per heavy atom. The van der Waals surface area contributed by atoms with Gasteiger partial charge in [0, 0.05) is 29.0 Å². The van der Waals surface area contributed by atoms with E-state index < -0.39 is 0 Å². The number of benzene rings is 3. The molecule has 0 aliphatic carbocycles. The van der Waals surface area contributed by atoms with Crippen molar-refractivity contribution in [3.05, 3.63) is 83.9 Å². The maximum absolute atomic E-state index is 12.6. The Balaban J connectivity index is 1.66. The number of ether oxygens (including phenoxy) is 2. The molecule has 3 aromatic rings. The van der Waals surface area contributed by atoms with Gasteiger partial charge in [-0.15, -0.1) is 0 Å². The fourth-order valence-corrected chi connectivity index (χ4v) is 2.87. The van der Waals surface area contributed by atoms with Crippen LogP contribution in [-0.4, -0.2) is 20.1 Å². The van der Waals surface area contributed by atoms with Gasteiger partial charge in [0.15, 0.2) is 0 Å². The standard InChI is InChI=1S/C23H24N2O3/c1-16(17-7-5-4-6-8-17)24-19-9-11-20(12-10-19)25-23(26)18-13-21(27-2)15-22(14-18)28-3/h4-16,24H,1-3H3,(H,25,26). The molecule has 0 fully saturated rings. The Labute approximate surface area is 165 Å². The second-order valence-corrected chi connectivity index (χ2v) is 6.41. The lowest BCUT2D eigenvalue weighted by Crippen LogP contribution is -2.12. The Bertz CT molecular complexity index is 902. The molecule has 2 N–H and O–H groups in total. The Morgan fingerprint density at radius 1 is 0.821 bits per heavy atom. The van der Waals surface area contributed by atoms with E-state index in [0.717, 1.165) is 5.69 Å². The van der Waals surface area contributed by atoms with Crippen molar-refractivity contribution in [2.24, 2.45) is 0 Å². The maximum Gasteiger partial charge on any atom is 0.255 e. The maximum atomic E-state index is 12.6. The Hall–Kier alpha value is -3.47. The average Bonchev–Trinajstić information content (AvgIpc) is 2.75. The van der Waals surface area contributed by atoms with E-state index in [9.17, 15) is 4.79 Å². The molecule has 3 aromatic carbocycles. The van der Waals surface area contributed by atoms with Crippen LogP contribution < -0.4 is 20.1 Å². The fourth-order valence-electron chi connectivity index (χ4n) is 2.87. The number of amides is 1. The second-order valence-electron chi connectivity index (χ2n) is 6.41. The first-order chi connectivity index (χ1) is 13.6. The van der Waals surface area contributed by atoms with E-state index in [1.165, 1.54) is 5.56 Å². The SMILES string of the molecule is COc1cc(OC)cc(C(=O)Nc2ccc(NC(C)c3ccccc3)cc2)c1. The first kappa shape index (κ1) is 19.3. The lowest BCUT2D eigenvalue weighted by atomic mass is 10.1. The molecule has 1 atom stereocenters. The van der Waals surface area contributed by atoms with Gasteiger partial charge in [-0.05, 0) is 48.9 Å². The number of hydrogen-bond acceptors (Lipinski definition) is 4. The predicted molar refractivity (Wildman–Crippen MR) is 112 cm³/mol. The van der Waals surface area contributed by atoms with Crippen molar-refractivity contribution in [3.63, 3.8) is 0 Å². The summed E-state index contributed by atoms with van der Waals surface area (Å²) >= 11 is 0. The molecule has 0 heterocycles. The van der Waals surface area contributed by atoms with Crippen molar-refractivity contribution in [3.8, 4) is 11.5 Å². The first-order valence-electron chi connectivity index (χ1n) is 9.05. The summed E-state index contributed by atoms with van der Waals surface area (Å²) in [7, 11) is 3.11. The predicted octanol–water partition coefficient (Wildman–Crippen LogP) is 5.13. The molecule has 5 heteroatoms. The lowest BCUT2D eigenvalue weighted by molar-refractivity contribution is 0.102. The number of methoxy groups -OCH3 is 2. The third-order valence-electron chi connectivity index (χ3n) is 4.44.